The van der Waals surface area contributed by atoms with Gasteiger partial charge >= 0.3 is 0 Å². The van der Waals surface area contributed by atoms with Crippen LogP contribution in [-0.4, -0.2) is 67.3 Å². The molecule has 0 aliphatic carbocycles. The number of fused-ring (bicyclic) bond motifs is 1. The van der Waals surface area contributed by atoms with Crippen molar-refractivity contribution < 1.29 is 4.74 Å². The fourth-order valence-electron chi connectivity index (χ4n) is 3.99. The first-order valence-corrected chi connectivity index (χ1v) is 7.86. The lowest BCUT2D eigenvalue weighted by molar-refractivity contribution is -0.0720. The Balaban J connectivity index is 2.12. The summed E-state index contributed by atoms with van der Waals surface area (Å²) in [6.07, 6.45) is 5.17. The summed E-state index contributed by atoms with van der Waals surface area (Å²) in [6, 6.07) is 1.31. The van der Waals surface area contributed by atoms with Crippen molar-refractivity contribution in [2.45, 2.75) is 57.2 Å². The van der Waals surface area contributed by atoms with Gasteiger partial charge in [-0.3, -0.25) is 9.80 Å². The van der Waals surface area contributed by atoms with Gasteiger partial charge in [0.15, 0.2) is 0 Å². The summed E-state index contributed by atoms with van der Waals surface area (Å²) < 4.78 is 5.49. The topological polar surface area (TPSA) is 41.7 Å². The predicted octanol–water partition coefficient (Wildman–Crippen LogP) is 1.30. The Morgan fingerprint density at radius 1 is 1.32 bits per heavy atom. The first-order chi connectivity index (χ1) is 9.16. The molecular formula is C15H31N3O. The summed E-state index contributed by atoms with van der Waals surface area (Å²) in [4.78, 5) is 5.33. The van der Waals surface area contributed by atoms with Gasteiger partial charge in [0.2, 0.25) is 0 Å². The van der Waals surface area contributed by atoms with Crippen LogP contribution in [0.25, 0.3) is 0 Å². The van der Waals surface area contributed by atoms with Crippen LogP contribution in [0.1, 0.15) is 39.5 Å². The fraction of sp³-hybridized carbons (Fsp3) is 1.00. The molecule has 2 fully saturated rings. The predicted molar refractivity (Wildman–Crippen MR) is 79.3 cm³/mol. The number of methoxy groups -OCH3 is 1. The van der Waals surface area contributed by atoms with Crippen molar-refractivity contribution in [1.82, 2.24) is 9.80 Å². The van der Waals surface area contributed by atoms with Gasteiger partial charge in [-0.25, -0.2) is 0 Å². The molecule has 0 aromatic carbocycles. The van der Waals surface area contributed by atoms with Crippen LogP contribution in [0, 0.1) is 0 Å². The van der Waals surface area contributed by atoms with Gasteiger partial charge in [0.25, 0.3) is 0 Å². The maximum Gasteiger partial charge on any atom is 0.0659 e. The van der Waals surface area contributed by atoms with Crippen LogP contribution >= 0.6 is 0 Å². The van der Waals surface area contributed by atoms with E-state index in [2.05, 4.69) is 23.6 Å². The van der Waals surface area contributed by atoms with Crippen molar-refractivity contribution in [1.29, 1.82) is 0 Å². The van der Waals surface area contributed by atoms with Crippen molar-refractivity contribution in [2.24, 2.45) is 5.73 Å². The molecule has 0 aromatic heterocycles. The number of piperazine rings is 1. The lowest BCUT2D eigenvalue weighted by Crippen LogP contribution is -2.68. The average Bonchev–Trinajstić information content (AvgIpc) is 2.44. The zero-order chi connectivity index (χ0) is 13.9. The number of nitrogens with two attached hydrogens (primary N) is 1. The number of ether oxygens (including phenoxy) is 1. The van der Waals surface area contributed by atoms with E-state index in [4.69, 9.17) is 10.5 Å². The van der Waals surface area contributed by atoms with Crippen LogP contribution in [0.4, 0.5) is 0 Å². The molecule has 0 radical (unpaired) electrons. The summed E-state index contributed by atoms with van der Waals surface area (Å²) in [7, 11) is 1.79. The smallest absolute Gasteiger partial charge is 0.0659 e. The van der Waals surface area contributed by atoms with Crippen molar-refractivity contribution in [2.75, 3.05) is 39.9 Å². The van der Waals surface area contributed by atoms with E-state index in [1.807, 2.05) is 0 Å². The maximum absolute atomic E-state index is 6.13. The Hall–Kier alpha value is -0.160. The summed E-state index contributed by atoms with van der Waals surface area (Å²) in [6.45, 7) is 9.67. The largest absolute Gasteiger partial charge is 0.383 e. The Morgan fingerprint density at radius 3 is 2.74 bits per heavy atom. The highest BCUT2D eigenvalue weighted by molar-refractivity contribution is 4.99. The number of hydrogen-bond acceptors (Lipinski definition) is 4. The van der Waals surface area contributed by atoms with Crippen LogP contribution in [0.5, 0.6) is 0 Å². The van der Waals surface area contributed by atoms with E-state index >= 15 is 0 Å². The van der Waals surface area contributed by atoms with Crippen LogP contribution in [0.15, 0.2) is 0 Å². The van der Waals surface area contributed by atoms with Gasteiger partial charge in [-0.15, -0.1) is 0 Å². The molecule has 0 bridgehead atoms. The standard InChI is InChI=1S/C15H31N3O/c1-4-15(11-16,12-19-3)18-10-14-7-5-6-8-17(14)9-13(18)2/h13-14H,4-12,16H2,1-3H3. The molecule has 4 heteroatoms. The molecule has 4 nitrogen and oxygen atoms in total. The molecule has 0 aromatic rings. The molecule has 19 heavy (non-hydrogen) atoms. The molecule has 112 valence electrons. The SMILES string of the molecule is CCC(CN)(COC)N1CC2CCCCN2CC1C. The van der Waals surface area contributed by atoms with E-state index in [1.54, 1.807) is 7.11 Å². The first-order valence-electron chi connectivity index (χ1n) is 7.86. The van der Waals surface area contributed by atoms with Crippen molar-refractivity contribution in [3.05, 3.63) is 0 Å². The molecule has 2 aliphatic rings. The Morgan fingerprint density at radius 2 is 2.11 bits per heavy atom. The normalized spacial score (nSPS) is 32.8. The molecule has 2 N–H and O–H groups in total. The Bertz CT molecular complexity index is 281. The fourth-order valence-corrected chi connectivity index (χ4v) is 3.99. The quantitative estimate of drug-likeness (QED) is 0.817. The molecule has 0 saturated carbocycles. The number of piperidine rings is 1. The second kappa shape index (κ2) is 6.53. The van der Waals surface area contributed by atoms with Crippen LogP contribution in [-0.2, 0) is 4.74 Å². The summed E-state index contributed by atoms with van der Waals surface area (Å²) >= 11 is 0. The van der Waals surface area contributed by atoms with Gasteiger partial charge in [0.1, 0.15) is 0 Å². The van der Waals surface area contributed by atoms with Gasteiger partial charge in [0, 0.05) is 38.8 Å². The minimum Gasteiger partial charge on any atom is -0.383 e. The molecule has 2 rings (SSSR count). The first kappa shape index (κ1) is 15.2. The van der Waals surface area contributed by atoms with E-state index in [1.165, 1.54) is 32.4 Å². The second-order valence-electron chi connectivity index (χ2n) is 6.36. The molecule has 3 atom stereocenters. The molecule has 3 unspecified atom stereocenters. The molecule has 0 spiro atoms. The number of rotatable bonds is 5. The number of nitrogens with zero attached hydrogens (tertiary/aromatic N) is 2. The highest BCUT2D eigenvalue weighted by Crippen LogP contribution is 2.30. The second-order valence-corrected chi connectivity index (χ2v) is 6.36. The zero-order valence-electron chi connectivity index (χ0n) is 12.9. The van der Waals surface area contributed by atoms with E-state index < -0.39 is 0 Å². The highest BCUT2D eigenvalue weighted by Gasteiger charge is 2.42. The molecule has 0 amide bonds. The van der Waals surface area contributed by atoms with Gasteiger partial charge < -0.3 is 10.5 Å². The maximum atomic E-state index is 6.13. The Kier molecular flexibility index (Phi) is 5.23. The lowest BCUT2D eigenvalue weighted by atomic mass is 9.88. The lowest BCUT2D eigenvalue weighted by Gasteiger charge is -2.54. The zero-order valence-corrected chi connectivity index (χ0v) is 12.9. The summed E-state index contributed by atoms with van der Waals surface area (Å²) in [5, 5.41) is 0. The van der Waals surface area contributed by atoms with Crippen LogP contribution in [0.2, 0.25) is 0 Å². The van der Waals surface area contributed by atoms with Gasteiger partial charge in [-0.2, -0.15) is 0 Å². The minimum absolute atomic E-state index is 0.0255. The van der Waals surface area contributed by atoms with E-state index in [0.717, 1.165) is 25.6 Å². The third-order valence-electron chi connectivity index (χ3n) is 5.25. The summed E-state index contributed by atoms with van der Waals surface area (Å²) in [5.41, 5.74) is 6.16. The monoisotopic (exact) mass is 269 g/mol. The van der Waals surface area contributed by atoms with Crippen molar-refractivity contribution in [3.63, 3.8) is 0 Å². The van der Waals surface area contributed by atoms with E-state index in [-0.39, 0.29) is 5.54 Å². The van der Waals surface area contributed by atoms with Gasteiger partial charge in [-0.05, 0) is 32.7 Å². The van der Waals surface area contributed by atoms with E-state index in [9.17, 15) is 0 Å². The molecule has 2 heterocycles. The summed E-state index contributed by atoms with van der Waals surface area (Å²) in [5.74, 6) is 0. The van der Waals surface area contributed by atoms with Crippen LogP contribution < -0.4 is 5.73 Å². The third-order valence-corrected chi connectivity index (χ3v) is 5.25. The van der Waals surface area contributed by atoms with Crippen molar-refractivity contribution in [3.8, 4) is 0 Å². The Labute approximate surface area is 118 Å². The molecule has 2 saturated heterocycles. The van der Waals surface area contributed by atoms with Crippen molar-refractivity contribution >= 4 is 0 Å². The highest BCUT2D eigenvalue weighted by atomic mass is 16.5. The van der Waals surface area contributed by atoms with Crippen LogP contribution in [0.3, 0.4) is 0 Å². The molecular weight excluding hydrogens is 238 g/mol. The minimum atomic E-state index is 0.0255. The number of hydrogen-bond donors (Lipinski definition) is 1. The van der Waals surface area contributed by atoms with Gasteiger partial charge in [-0.1, -0.05) is 13.3 Å². The third kappa shape index (κ3) is 2.97. The van der Waals surface area contributed by atoms with Gasteiger partial charge in [0.05, 0.1) is 12.1 Å². The molecule has 2 aliphatic heterocycles. The average molecular weight is 269 g/mol. The van der Waals surface area contributed by atoms with E-state index in [0.29, 0.717) is 12.6 Å².